The summed E-state index contributed by atoms with van der Waals surface area (Å²) >= 11 is 1.72. The molecule has 2 aromatic heterocycles. The Bertz CT molecular complexity index is 560. The molecule has 0 bridgehead atoms. The molecular formula is C15H25N3S. The van der Waals surface area contributed by atoms with E-state index in [2.05, 4.69) is 61.6 Å². The molecule has 106 valence electrons. The molecular weight excluding hydrogens is 254 g/mol. The van der Waals surface area contributed by atoms with Crippen LogP contribution < -0.4 is 5.32 Å². The minimum atomic E-state index is 0.354. The van der Waals surface area contributed by atoms with Gasteiger partial charge in [-0.15, -0.1) is 11.3 Å². The Morgan fingerprint density at radius 2 is 2.05 bits per heavy atom. The number of nitrogens with one attached hydrogen (secondary N) is 1. The van der Waals surface area contributed by atoms with Gasteiger partial charge in [-0.2, -0.15) is 0 Å². The molecule has 2 aromatic rings. The van der Waals surface area contributed by atoms with Gasteiger partial charge < -0.3 is 5.32 Å². The van der Waals surface area contributed by atoms with Crippen molar-refractivity contribution in [2.75, 3.05) is 6.54 Å². The van der Waals surface area contributed by atoms with Gasteiger partial charge in [0.25, 0.3) is 0 Å². The Labute approximate surface area is 120 Å². The molecule has 2 heterocycles. The summed E-state index contributed by atoms with van der Waals surface area (Å²) in [6.07, 6.45) is 0. The van der Waals surface area contributed by atoms with Crippen LogP contribution in [0.2, 0.25) is 0 Å². The fraction of sp³-hybridized carbons (Fsp3) is 0.667. The lowest BCUT2D eigenvalue weighted by Gasteiger charge is -2.27. The van der Waals surface area contributed by atoms with Gasteiger partial charge in [-0.3, -0.25) is 4.40 Å². The third kappa shape index (κ3) is 3.00. The number of hydrogen-bond acceptors (Lipinski definition) is 3. The van der Waals surface area contributed by atoms with E-state index in [1.807, 2.05) is 0 Å². The maximum Gasteiger partial charge on any atom is 0.194 e. The van der Waals surface area contributed by atoms with Crippen LogP contribution in [-0.4, -0.2) is 15.9 Å². The number of imidazole rings is 1. The Hall–Kier alpha value is -0.870. The molecule has 1 N–H and O–H groups in total. The van der Waals surface area contributed by atoms with Gasteiger partial charge in [-0.1, -0.05) is 27.7 Å². The quantitative estimate of drug-likeness (QED) is 0.922. The lowest BCUT2D eigenvalue weighted by molar-refractivity contribution is 0.252. The molecule has 0 saturated carbocycles. The first-order valence-corrected chi connectivity index (χ1v) is 7.81. The Morgan fingerprint density at radius 1 is 1.37 bits per heavy atom. The first-order valence-electron chi connectivity index (χ1n) is 6.93. The largest absolute Gasteiger partial charge is 0.311 e. The van der Waals surface area contributed by atoms with Crippen molar-refractivity contribution < 1.29 is 0 Å². The Balaban J connectivity index is 2.06. The normalized spacial score (nSPS) is 14.2. The monoisotopic (exact) mass is 279 g/mol. The van der Waals surface area contributed by atoms with Gasteiger partial charge in [0.1, 0.15) is 0 Å². The van der Waals surface area contributed by atoms with E-state index in [0.29, 0.717) is 11.3 Å². The van der Waals surface area contributed by atoms with Crippen LogP contribution in [0.1, 0.15) is 44.8 Å². The molecule has 2 rings (SSSR count). The lowest BCUT2D eigenvalue weighted by atomic mass is 9.82. The van der Waals surface area contributed by atoms with Crippen LogP contribution in [0.4, 0.5) is 0 Å². The van der Waals surface area contributed by atoms with Crippen LogP contribution in [0.25, 0.3) is 4.96 Å². The number of aromatic nitrogens is 2. The zero-order chi connectivity index (χ0) is 14.2. The van der Waals surface area contributed by atoms with Gasteiger partial charge in [-0.25, -0.2) is 4.98 Å². The molecule has 0 radical (unpaired) electrons. The molecule has 1 unspecified atom stereocenters. The molecule has 3 nitrogen and oxygen atoms in total. The molecule has 1 atom stereocenters. The molecule has 0 spiro atoms. The second-order valence-corrected chi connectivity index (χ2v) is 7.37. The minimum absolute atomic E-state index is 0.354. The first kappa shape index (κ1) is 14.5. The second kappa shape index (κ2) is 5.25. The Morgan fingerprint density at radius 3 is 2.68 bits per heavy atom. The summed E-state index contributed by atoms with van der Waals surface area (Å²) in [4.78, 5) is 5.73. The summed E-state index contributed by atoms with van der Waals surface area (Å²) in [7, 11) is 0. The van der Waals surface area contributed by atoms with Gasteiger partial charge in [0, 0.05) is 17.6 Å². The smallest absolute Gasteiger partial charge is 0.194 e. The third-order valence-corrected chi connectivity index (χ3v) is 4.99. The van der Waals surface area contributed by atoms with Crippen LogP contribution in [0, 0.1) is 25.2 Å². The lowest BCUT2D eigenvalue weighted by Crippen LogP contribution is -2.29. The van der Waals surface area contributed by atoms with E-state index in [-0.39, 0.29) is 0 Å². The first-order chi connectivity index (χ1) is 8.80. The van der Waals surface area contributed by atoms with Crippen molar-refractivity contribution in [2.24, 2.45) is 11.3 Å². The van der Waals surface area contributed by atoms with E-state index in [1.54, 1.807) is 11.3 Å². The zero-order valence-corrected chi connectivity index (χ0v) is 13.7. The summed E-state index contributed by atoms with van der Waals surface area (Å²) in [6.45, 7) is 15.4. The van der Waals surface area contributed by atoms with Gasteiger partial charge in [0.15, 0.2) is 4.96 Å². The van der Waals surface area contributed by atoms with Gasteiger partial charge in [0.2, 0.25) is 0 Å². The van der Waals surface area contributed by atoms with Crippen molar-refractivity contribution in [2.45, 2.75) is 48.1 Å². The highest BCUT2D eigenvalue weighted by Crippen LogP contribution is 2.25. The van der Waals surface area contributed by atoms with Crippen LogP contribution in [0.3, 0.4) is 0 Å². The van der Waals surface area contributed by atoms with Gasteiger partial charge in [0.05, 0.1) is 11.4 Å². The van der Waals surface area contributed by atoms with Crippen molar-refractivity contribution in [3.63, 3.8) is 0 Å². The fourth-order valence-corrected chi connectivity index (χ4v) is 3.02. The zero-order valence-electron chi connectivity index (χ0n) is 12.9. The van der Waals surface area contributed by atoms with Crippen LogP contribution in [0.5, 0.6) is 0 Å². The van der Waals surface area contributed by atoms with Gasteiger partial charge >= 0.3 is 0 Å². The van der Waals surface area contributed by atoms with E-state index in [4.69, 9.17) is 0 Å². The number of thiazole rings is 1. The molecule has 0 aliphatic heterocycles. The van der Waals surface area contributed by atoms with Crippen LogP contribution >= 0.6 is 11.3 Å². The maximum absolute atomic E-state index is 4.62. The number of fused-ring (bicyclic) bond motifs is 1. The fourth-order valence-electron chi connectivity index (χ4n) is 2.09. The molecule has 0 amide bonds. The topological polar surface area (TPSA) is 29.3 Å². The van der Waals surface area contributed by atoms with Crippen molar-refractivity contribution in [1.29, 1.82) is 0 Å². The highest BCUT2D eigenvalue weighted by atomic mass is 32.1. The standard InChI is InChI=1S/C15H25N3S/c1-10(15(4,5)6)7-16-8-13-12(3)17-14-18(13)11(2)9-19-14/h9-10,16H,7-8H2,1-6H3. The predicted molar refractivity (Wildman–Crippen MR) is 82.9 cm³/mol. The number of aryl methyl sites for hydroxylation is 2. The summed E-state index contributed by atoms with van der Waals surface area (Å²) in [5.74, 6) is 0.653. The summed E-state index contributed by atoms with van der Waals surface area (Å²) < 4.78 is 2.27. The third-order valence-electron chi connectivity index (χ3n) is 4.05. The second-order valence-electron chi connectivity index (χ2n) is 6.54. The summed E-state index contributed by atoms with van der Waals surface area (Å²) in [5, 5.41) is 5.76. The van der Waals surface area contributed by atoms with Crippen LogP contribution in [0.15, 0.2) is 5.38 Å². The van der Waals surface area contributed by atoms with E-state index < -0.39 is 0 Å². The van der Waals surface area contributed by atoms with Gasteiger partial charge in [-0.05, 0) is 31.7 Å². The SMILES string of the molecule is Cc1nc2scc(C)n2c1CNCC(C)C(C)(C)C. The van der Waals surface area contributed by atoms with E-state index >= 15 is 0 Å². The molecule has 0 aliphatic rings. The molecule has 0 fully saturated rings. The van der Waals surface area contributed by atoms with E-state index in [1.165, 1.54) is 11.4 Å². The number of rotatable bonds is 4. The number of hydrogen-bond donors (Lipinski definition) is 1. The van der Waals surface area contributed by atoms with Crippen molar-refractivity contribution in [1.82, 2.24) is 14.7 Å². The van der Waals surface area contributed by atoms with Crippen LogP contribution in [-0.2, 0) is 6.54 Å². The highest BCUT2D eigenvalue weighted by molar-refractivity contribution is 7.15. The van der Waals surface area contributed by atoms with Crippen molar-refractivity contribution in [3.05, 3.63) is 22.5 Å². The average molecular weight is 279 g/mol. The van der Waals surface area contributed by atoms with E-state index in [9.17, 15) is 0 Å². The minimum Gasteiger partial charge on any atom is -0.311 e. The summed E-state index contributed by atoms with van der Waals surface area (Å²) in [5.41, 5.74) is 4.08. The Kier molecular flexibility index (Phi) is 4.02. The van der Waals surface area contributed by atoms with E-state index in [0.717, 1.165) is 23.7 Å². The molecule has 0 aromatic carbocycles. The number of nitrogens with zero attached hydrogens (tertiary/aromatic N) is 2. The highest BCUT2D eigenvalue weighted by Gasteiger charge is 2.19. The predicted octanol–water partition coefficient (Wildman–Crippen LogP) is 3.78. The van der Waals surface area contributed by atoms with Crippen molar-refractivity contribution in [3.8, 4) is 0 Å². The molecule has 19 heavy (non-hydrogen) atoms. The summed E-state index contributed by atoms with van der Waals surface area (Å²) in [6, 6.07) is 0. The molecule has 0 aliphatic carbocycles. The molecule has 4 heteroatoms. The maximum atomic E-state index is 4.62. The average Bonchev–Trinajstić information content (AvgIpc) is 2.79. The molecule has 0 saturated heterocycles. The van der Waals surface area contributed by atoms with Crippen molar-refractivity contribution >= 4 is 16.3 Å².